The summed E-state index contributed by atoms with van der Waals surface area (Å²) in [5.74, 6) is -6.36. The van der Waals surface area contributed by atoms with Gasteiger partial charge in [0.2, 0.25) is 7.37 Å². The number of ether oxygens (including phenoxy) is 2. The molecule has 0 saturated heterocycles. The van der Waals surface area contributed by atoms with E-state index in [0.717, 1.165) is 18.2 Å². The molecule has 28 heavy (non-hydrogen) atoms. The second-order valence-corrected chi connectivity index (χ2v) is 8.10. The van der Waals surface area contributed by atoms with E-state index < -0.39 is 56.5 Å². The van der Waals surface area contributed by atoms with Crippen LogP contribution in [0.5, 0.6) is 11.5 Å². The molecule has 0 aliphatic heterocycles. The number of carboxylic acids is 3. The zero-order valence-electron chi connectivity index (χ0n) is 14.4. The molecule has 0 aliphatic rings. The Labute approximate surface area is 158 Å². The lowest BCUT2D eigenvalue weighted by molar-refractivity contribution is -0.140. The van der Waals surface area contributed by atoms with E-state index in [9.17, 15) is 28.9 Å². The summed E-state index contributed by atoms with van der Waals surface area (Å²) in [7, 11) is -4.30. The van der Waals surface area contributed by atoms with Crippen molar-refractivity contribution >= 4 is 25.3 Å². The van der Waals surface area contributed by atoms with Crippen molar-refractivity contribution in [3.05, 3.63) is 23.8 Å². The summed E-state index contributed by atoms with van der Waals surface area (Å²) in [5, 5.41) is 36.3. The smallest absolute Gasteiger partial charge is 0.341 e. The van der Waals surface area contributed by atoms with Crippen molar-refractivity contribution in [2.45, 2.75) is 18.3 Å². The molecule has 1 aromatic carbocycles. The number of rotatable bonds is 12. The first-order valence-electron chi connectivity index (χ1n) is 7.75. The maximum absolute atomic E-state index is 12.3. The van der Waals surface area contributed by atoms with Crippen LogP contribution in [0.2, 0.25) is 0 Å². The van der Waals surface area contributed by atoms with Crippen LogP contribution < -0.4 is 15.2 Å². The molecule has 3 atom stereocenters. The maximum atomic E-state index is 12.3. The van der Waals surface area contributed by atoms with Gasteiger partial charge in [0.1, 0.15) is 6.04 Å². The van der Waals surface area contributed by atoms with Gasteiger partial charge >= 0.3 is 17.9 Å². The van der Waals surface area contributed by atoms with Gasteiger partial charge in [0.15, 0.2) is 30.6 Å². The molecule has 0 bridgehead atoms. The Morgan fingerprint density at radius 2 is 1.57 bits per heavy atom. The fourth-order valence-electron chi connectivity index (χ4n) is 2.00. The Bertz CT molecular complexity index is 781. The van der Waals surface area contributed by atoms with E-state index in [2.05, 4.69) is 0 Å². The minimum Gasteiger partial charge on any atom is -0.480 e. The van der Waals surface area contributed by atoms with E-state index in [1.54, 1.807) is 0 Å². The van der Waals surface area contributed by atoms with Crippen LogP contribution in [-0.4, -0.2) is 68.6 Å². The minimum atomic E-state index is -4.30. The van der Waals surface area contributed by atoms with Crippen molar-refractivity contribution in [1.82, 2.24) is 0 Å². The summed E-state index contributed by atoms with van der Waals surface area (Å²) in [4.78, 5) is 42.0. The fourth-order valence-corrected chi connectivity index (χ4v) is 3.52. The van der Waals surface area contributed by atoms with E-state index >= 15 is 0 Å². The number of nitrogens with two attached hydrogens (primary N) is 1. The highest BCUT2D eigenvalue weighted by Gasteiger charge is 2.32. The number of carbonyl (C=O) groups is 3. The van der Waals surface area contributed by atoms with Crippen LogP contribution in [0.25, 0.3) is 0 Å². The third-order valence-electron chi connectivity index (χ3n) is 3.43. The van der Waals surface area contributed by atoms with Crippen LogP contribution in [0, 0.1) is 0 Å². The van der Waals surface area contributed by atoms with Crippen molar-refractivity contribution < 1.29 is 53.7 Å². The molecule has 0 amide bonds. The molecule has 2 unspecified atom stereocenters. The summed E-state index contributed by atoms with van der Waals surface area (Å²) >= 11 is 0. The van der Waals surface area contributed by atoms with Crippen molar-refractivity contribution in [2.24, 2.45) is 5.73 Å². The van der Waals surface area contributed by atoms with Gasteiger partial charge in [0.05, 0.1) is 0 Å². The fraction of sp³-hybridized carbons (Fsp3) is 0.400. The van der Waals surface area contributed by atoms with Crippen molar-refractivity contribution in [3.8, 4) is 11.5 Å². The van der Waals surface area contributed by atoms with Gasteiger partial charge in [-0.2, -0.15) is 0 Å². The van der Waals surface area contributed by atoms with Crippen molar-refractivity contribution in [1.29, 1.82) is 0 Å². The lowest BCUT2D eigenvalue weighted by atomic mass is 10.2. The number of aliphatic carboxylic acids is 3. The molecule has 0 saturated carbocycles. The van der Waals surface area contributed by atoms with Gasteiger partial charge in [0, 0.05) is 6.16 Å². The predicted molar refractivity (Wildman–Crippen MR) is 92.6 cm³/mol. The first-order valence-corrected chi connectivity index (χ1v) is 9.66. The SMILES string of the molecule is N[C@@H](CCP(=O)(O)C(O)c1ccc(OCC(=O)O)c(OCC(=O)O)c1)C(=O)O. The van der Waals surface area contributed by atoms with Crippen LogP contribution >= 0.6 is 7.37 Å². The van der Waals surface area contributed by atoms with Gasteiger partial charge in [-0.15, -0.1) is 0 Å². The van der Waals surface area contributed by atoms with Crippen LogP contribution in [0.1, 0.15) is 17.8 Å². The summed E-state index contributed by atoms with van der Waals surface area (Å²) < 4.78 is 22.2. The normalized spacial score (nSPS) is 15.1. The third kappa shape index (κ3) is 7.16. The van der Waals surface area contributed by atoms with Crippen LogP contribution in [0.3, 0.4) is 0 Å². The van der Waals surface area contributed by atoms with Crippen LogP contribution in [0.15, 0.2) is 18.2 Å². The van der Waals surface area contributed by atoms with Crippen molar-refractivity contribution in [3.63, 3.8) is 0 Å². The molecule has 0 spiro atoms. The molecular formula is C15H20NO11P. The van der Waals surface area contributed by atoms with Crippen LogP contribution in [0.4, 0.5) is 0 Å². The van der Waals surface area contributed by atoms with Gasteiger partial charge in [-0.05, 0) is 24.1 Å². The van der Waals surface area contributed by atoms with Gasteiger partial charge in [-0.25, -0.2) is 9.59 Å². The summed E-state index contributed by atoms with van der Waals surface area (Å²) in [6.07, 6.45) is -0.938. The van der Waals surface area contributed by atoms with E-state index in [0.29, 0.717) is 0 Å². The van der Waals surface area contributed by atoms with Gasteiger partial charge in [-0.1, -0.05) is 6.07 Å². The standard InChI is InChI=1S/C15H20NO11P/c16-9(14(21)22)3-4-28(24,25)15(23)8-1-2-10(26-6-12(17)18)11(5-8)27-7-13(19)20/h1-2,5,9,15,23H,3-4,6-7,16H2,(H,17,18)(H,19,20)(H,21,22)(H,24,25)/t9-,15?/m0/s1. The number of hydrogen-bond donors (Lipinski definition) is 6. The molecule has 1 rings (SSSR count). The Balaban J connectivity index is 3.05. The molecule has 0 heterocycles. The van der Waals surface area contributed by atoms with Crippen LogP contribution in [-0.2, 0) is 18.9 Å². The number of carboxylic acid groups (broad SMARTS) is 3. The second kappa shape index (κ2) is 10.0. The van der Waals surface area contributed by atoms with E-state index in [1.807, 2.05) is 0 Å². The topological polar surface area (TPSA) is 214 Å². The molecule has 1 aromatic rings. The molecule has 13 heteroatoms. The molecule has 0 fully saturated rings. The third-order valence-corrected chi connectivity index (χ3v) is 5.39. The highest BCUT2D eigenvalue weighted by Crippen LogP contribution is 2.55. The first-order chi connectivity index (χ1) is 12.9. The average molecular weight is 421 g/mol. The molecule has 7 N–H and O–H groups in total. The highest BCUT2D eigenvalue weighted by atomic mass is 31.2. The first kappa shape index (κ1) is 23.4. The maximum Gasteiger partial charge on any atom is 0.341 e. The molecule has 0 aliphatic carbocycles. The Morgan fingerprint density at radius 3 is 2.07 bits per heavy atom. The molecule has 12 nitrogen and oxygen atoms in total. The summed E-state index contributed by atoms with van der Waals surface area (Å²) in [6, 6.07) is 1.95. The predicted octanol–water partition coefficient (Wildman–Crippen LogP) is -0.323. The zero-order valence-corrected chi connectivity index (χ0v) is 15.3. The Kier molecular flexibility index (Phi) is 8.38. The largest absolute Gasteiger partial charge is 0.480 e. The summed E-state index contributed by atoms with van der Waals surface area (Å²) in [6.45, 7) is -1.57. The summed E-state index contributed by atoms with van der Waals surface area (Å²) in [5.41, 5.74) is 5.14. The quantitative estimate of drug-likeness (QED) is 0.239. The Morgan fingerprint density at radius 1 is 1.04 bits per heavy atom. The van der Waals surface area contributed by atoms with E-state index in [-0.39, 0.29) is 23.5 Å². The molecule has 156 valence electrons. The molecular weight excluding hydrogens is 401 g/mol. The van der Waals surface area contributed by atoms with Gasteiger partial charge in [-0.3, -0.25) is 9.36 Å². The van der Waals surface area contributed by atoms with E-state index in [1.165, 1.54) is 0 Å². The van der Waals surface area contributed by atoms with Gasteiger partial charge < -0.3 is 40.5 Å². The molecule has 0 aromatic heterocycles. The lowest BCUT2D eigenvalue weighted by Gasteiger charge is -2.20. The van der Waals surface area contributed by atoms with E-state index in [4.69, 9.17) is 30.5 Å². The van der Waals surface area contributed by atoms with Gasteiger partial charge in [0.25, 0.3) is 0 Å². The zero-order chi connectivity index (χ0) is 21.5. The van der Waals surface area contributed by atoms with Crippen molar-refractivity contribution in [2.75, 3.05) is 19.4 Å². The monoisotopic (exact) mass is 421 g/mol. The Hall–Kier alpha value is -2.66. The lowest BCUT2D eigenvalue weighted by Crippen LogP contribution is -2.31. The highest BCUT2D eigenvalue weighted by molar-refractivity contribution is 7.58. The number of aliphatic hydroxyl groups excluding tert-OH is 1. The number of hydrogen-bond acceptors (Lipinski definition) is 8. The second-order valence-electron chi connectivity index (χ2n) is 5.66. The average Bonchev–Trinajstić information content (AvgIpc) is 2.62. The molecule has 0 radical (unpaired) electrons. The minimum absolute atomic E-state index is 0.141. The number of aliphatic hydroxyl groups is 1. The number of benzene rings is 1.